The quantitative estimate of drug-likeness (QED) is 0.889. The minimum atomic E-state index is -0.710. The maximum atomic E-state index is 9.76. The molecule has 114 valence electrons. The normalized spacial score (nSPS) is 12.1. The Balaban J connectivity index is 1.93. The number of likely N-dealkylation sites (N-methyl/N-ethyl adjacent to an activating group) is 1. The first-order chi connectivity index (χ1) is 9.83. The summed E-state index contributed by atoms with van der Waals surface area (Å²) in [6.45, 7) is 4.90. The number of hydrogen-bond donors (Lipinski definition) is 1. The van der Waals surface area contributed by atoms with Gasteiger partial charge in [-0.2, -0.15) is 4.98 Å². The van der Waals surface area contributed by atoms with E-state index in [2.05, 4.69) is 10.1 Å². The number of nitrogens with zero attached hydrogens (tertiary/aromatic N) is 3. The zero-order valence-electron chi connectivity index (χ0n) is 12.5. The average molecular weight is 310 g/mol. The third kappa shape index (κ3) is 5.12. The average Bonchev–Trinajstić information content (AvgIpc) is 2.84. The van der Waals surface area contributed by atoms with E-state index in [1.54, 1.807) is 26.0 Å². The molecule has 2 aromatic rings. The second-order valence-electron chi connectivity index (χ2n) is 5.82. The lowest BCUT2D eigenvalue weighted by Crippen LogP contribution is -2.37. The Morgan fingerprint density at radius 2 is 1.95 bits per heavy atom. The predicted octanol–water partition coefficient (Wildman–Crippen LogP) is 2.64. The van der Waals surface area contributed by atoms with Crippen LogP contribution in [0.5, 0.6) is 0 Å². The van der Waals surface area contributed by atoms with Gasteiger partial charge < -0.3 is 14.5 Å². The number of benzene rings is 1. The summed E-state index contributed by atoms with van der Waals surface area (Å²) < 4.78 is 5.25. The monoisotopic (exact) mass is 309 g/mol. The van der Waals surface area contributed by atoms with Gasteiger partial charge in [0.2, 0.25) is 11.7 Å². The van der Waals surface area contributed by atoms with Gasteiger partial charge in [0, 0.05) is 30.1 Å². The molecule has 1 aromatic heterocycles. The molecule has 0 unspecified atom stereocenters. The number of aliphatic hydroxyl groups is 1. The SMILES string of the molecule is CN(CCc1nc(-c2ccc(Cl)cc2)no1)CC(C)(C)O. The fourth-order valence-electron chi connectivity index (χ4n) is 2.10. The lowest BCUT2D eigenvalue weighted by molar-refractivity contribution is 0.0444. The topological polar surface area (TPSA) is 62.4 Å². The van der Waals surface area contributed by atoms with Crippen LogP contribution in [0.4, 0.5) is 0 Å². The van der Waals surface area contributed by atoms with Crippen LogP contribution in [0.25, 0.3) is 11.4 Å². The van der Waals surface area contributed by atoms with E-state index in [0.717, 1.165) is 12.1 Å². The van der Waals surface area contributed by atoms with Crippen LogP contribution in [0.3, 0.4) is 0 Å². The Bertz CT molecular complexity index is 575. The molecule has 5 nitrogen and oxygen atoms in total. The van der Waals surface area contributed by atoms with Crippen LogP contribution < -0.4 is 0 Å². The number of halogens is 1. The Morgan fingerprint density at radius 1 is 1.29 bits per heavy atom. The first kappa shape index (κ1) is 15.9. The standard InChI is InChI=1S/C15H20ClN3O2/c1-15(2,20)10-19(3)9-8-13-17-14(18-21-13)11-4-6-12(16)7-5-11/h4-7,20H,8-10H2,1-3H3. The maximum Gasteiger partial charge on any atom is 0.228 e. The van der Waals surface area contributed by atoms with Gasteiger partial charge in [0.25, 0.3) is 0 Å². The Labute approximate surface area is 129 Å². The molecule has 21 heavy (non-hydrogen) atoms. The van der Waals surface area contributed by atoms with Gasteiger partial charge in [-0.15, -0.1) is 0 Å². The first-order valence-electron chi connectivity index (χ1n) is 6.83. The Kier molecular flexibility index (Phi) is 4.98. The molecular formula is C15H20ClN3O2. The lowest BCUT2D eigenvalue weighted by Gasteiger charge is -2.24. The van der Waals surface area contributed by atoms with Crippen molar-refractivity contribution in [2.45, 2.75) is 25.9 Å². The summed E-state index contributed by atoms with van der Waals surface area (Å²) in [7, 11) is 1.95. The smallest absolute Gasteiger partial charge is 0.228 e. The van der Waals surface area contributed by atoms with Crippen molar-refractivity contribution in [1.82, 2.24) is 15.0 Å². The second kappa shape index (κ2) is 6.56. The molecule has 0 aliphatic heterocycles. The van der Waals surface area contributed by atoms with Crippen molar-refractivity contribution in [1.29, 1.82) is 0 Å². The van der Waals surface area contributed by atoms with Crippen LogP contribution >= 0.6 is 11.6 Å². The third-order valence-corrected chi connectivity index (χ3v) is 3.19. The molecule has 0 saturated heterocycles. The minimum Gasteiger partial charge on any atom is -0.389 e. The van der Waals surface area contributed by atoms with Crippen molar-refractivity contribution < 1.29 is 9.63 Å². The lowest BCUT2D eigenvalue weighted by atomic mass is 10.1. The van der Waals surface area contributed by atoms with E-state index in [4.69, 9.17) is 16.1 Å². The summed E-state index contributed by atoms with van der Waals surface area (Å²) in [5, 5.41) is 14.4. The molecule has 6 heteroatoms. The summed E-state index contributed by atoms with van der Waals surface area (Å²) in [6.07, 6.45) is 0.646. The zero-order chi connectivity index (χ0) is 15.5. The van der Waals surface area contributed by atoms with Crippen molar-refractivity contribution in [3.05, 3.63) is 35.2 Å². The predicted molar refractivity (Wildman–Crippen MR) is 82.2 cm³/mol. The number of aromatic nitrogens is 2. The minimum absolute atomic E-state index is 0.562. The van der Waals surface area contributed by atoms with Crippen molar-refractivity contribution in [2.75, 3.05) is 20.1 Å². The van der Waals surface area contributed by atoms with Gasteiger partial charge in [0.15, 0.2) is 0 Å². The molecule has 0 atom stereocenters. The molecule has 0 aliphatic carbocycles. The van der Waals surface area contributed by atoms with Gasteiger partial charge in [-0.25, -0.2) is 0 Å². The molecule has 0 saturated carbocycles. The maximum absolute atomic E-state index is 9.76. The molecule has 0 fully saturated rings. The van der Waals surface area contributed by atoms with E-state index in [1.165, 1.54) is 0 Å². The van der Waals surface area contributed by atoms with Gasteiger partial charge in [-0.1, -0.05) is 16.8 Å². The highest BCUT2D eigenvalue weighted by Gasteiger charge is 2.16. The van der Waals surface area contributed by atoms with Crippen molar-refractivity contribution in [2.24, 2.45) is 0 Å². The summed E-state index contributed by atoms with van der Waals surface area (Å²) in [6, 6.07) is 7.31. The van der Waals surface area contributed by atoms with E-state index in [-0.39, 0.29) is 0 Å². The summed E-state index contributed by atoms with van der Waals surface area (Å²) >= 11 is 5.85. The molecule has 0 aliphatic rings. The highest BCUT2D eigenvalue weighted by atomic mass is 35.5. The third-order valence-electron chi connectivity index (χ3n) is 2.93. The van der Waals surface area contributed by atoms with Gasteiger partial charge in [0.1, 0.15) is 0 Å². The van der Waals surface area contributed by atoms with E-state index in [9.17, 15) is 5.11 Å². The van der Waals surface area contributed by atoms with Crippen LogP contribution in [-0.4, -0.2) is 45.9 Å². The van der Waals surface area contributed by atoms with E-state index >= 15 is 0 Å². The summed E-state index contributed by atoms with van der Waals surface area (Å²) in [5.74, 6) is 1.15. The van der Waals surface area contributed by atoms with Gasteiger partial charge >= 0.3 is 0 Å². The van der Waals surface area contributed by atoms with Crippen LogP contribution in [0, 0.1) is 0 Å². The molecular weight excluding hydrogens is 290 g/mol. The zero-order valence-corrected chi connectivity index (χ0v) is 13.3. The number of hydrogen-bond acceptors (Lipinski definition) is 5. The van der Waals surface area contributed by atoms with E-state index in [1.807, 2.05) is 24.1 Å². The van der Waals surface area contributed by atoms with Gasteiger partial charge in [-0.05, 0) is 45.2 Å². The fourth-order valence-corrected chi connectivity index (χ4v) is 2.22. The highest BCUT2D eigenvalue weighted by molar-refractivity contribution is 6.30. The molecule has 2 rings (SSSR count). The van der Waals surface area contributed by atoms with Crippen LogP contribution in [0.2, 0.25) is 5.02 Å². The highest BCUT2D eigenvalue weighted by Crippen LogP contribution is 2.18. The molecule has 0 radical (unpaired) electrons. The Morgan fingerprint density at radius 3 is 2.57 bits per heavy atom. The molecule has 1 heterocycles. The number of rotatable bonds is 6. The van der Waals surface area contributed by atoms with Gasteiger partial charge in [0.05, 0.1) is 5.60 Å². The van der Waals surface area contributed by atoms with Crippen LogP contribution in [0.1, 0.15) is 19.7 Å². The fraction of sp³-hybridized carbons (Fsp3) is 0.467. The summed E-state index contributed by atoms with van der Waals surface area (Å²) in [5.41, 5.74) is 0.164. The molecule has 0 amide bonds. The first-order valence-corrected chi connectivity index (χ1v) is 7.21. The second-order valence-corrected chi connectivity index (χ2v) is 6.26. The van der Waals surface area contributed by atoms with E-state index < -0.39 is 5.60 Å². The largest absolute Gasteiger partial charge is 0.389 e. The van der Waals surface area contributed by atoms with Crippen molar-refractivity contribution >= 4 is 11.6 Å². The van der Waals surface area contributed by atoms with Crippen molar-refractivity contribution in [3.63, 3.8) is 0 Å². The van der Waals surface area contributed by atoms with Crippen LogP contribution in [-0.2, 0) is 6.42 Å². The molecule has 0 bridgehead atoms. The molecule has 1 N–H and O–H groups in total. The van der Waals surface area contributed by atoms with Crippen LogP contribution in [0.15, 0.2) is 28.8 Å². The molecule has 0 spiro atoms. The Hall–Kier alpha value is -1.43. The van der Waals surface area contributed by atoms with Gasteiger partial charge in [-0.3, -0.25) is 0 Å². The van der Waals surface area contributed by atoms with Crippen molar-refractivity contribution in [3.8, 4) is 11.4 Å². The molecule has 1 aromatic carbocycles. The van der Waals surface area contributed by atoms with E-state index in [0.29, 0.717) is 29.7 Å². The summed E-state index contributed by atoms with van der Waals surface area (Å²) in [4.78, 5) is 6.40.